The zero-order valence-electron chi connectivity index (χ0n) is 11.2. The highest BCUT2D eigenvalue weighted by Gasteiger charge is 2.33. The molecule has 1 aromatic rings. The lowest BCUT2D eigenvalue weighted by Crippen LogP contribution is -2.46. The summed E-state index contributed by atoms with van der Waals surface area (Å²) in [7, 11) is 0. The molecule has 3 rings (SSSR count). The lowest BCUT2D eigenvalue weighted by Gasteiger charge is -2.43. The number of aromatic carboxylic acids is 1. The van der Waals surface area contributed by atoms with E-state index >= 15 is 0 Å². The van der Waals surface area contributed by atoms with Gasteiger partial charge in [0.2, 0.25) is 0 Å². The van der Waals surface area contributed by atoms with Gasteiger partial charge in [0.1, 0.15) is 12.0 Å². The highest BCUT2D eigenvalue weighted by atomic mass is 16.4. The van der Waals surface area contributed by atoms with Crippen molar-refractivity contribution in [2.24, 2.45) is 5.92 Å². The average Bonchev–Trinajstić information content (AvgIpc) is 2.88. The minimum Gasteiger partial charge on any atom is -0.478 e. The molecule has 0 spiro atoms. The van der Waals surface area contributed by atoms with Crippen molar-refractivity contribution in [1.82, 2.24) is 4.90 Å². The Morgan fingerprint density at radius 2 is 2.11 bits per heavy atom. The molecule has 0 unspecified atom stereocenters. The summed E-state index contributed by atoms with van der Waals surface area (Å²) in [5, 5.41) is 8.92. The van der Waals surface area contributed by atoms with E-state index in [4.69, 9.17) is 9.52 Å². The number of likely N-dealkylation sites (tertiary alicyclic amines) is 1. The van der Waals surface area contributed by atoms with Crippen LogP contribution in [-0.2, 0) is 6.54 Å². The van der Waals surface area contributed by atoms with Crippen molar-refractivity contribution in [1.29, 1.82) is 0 Å². The second kappa shape index (κ2) is 5.37. The van der Waals surface area contributed by atoms with Crippen molar-refractivity contribution in [3.8, 4) is 0 Å². The third kappa shape index (κ3) is 2.68. The van der Waals surface area contributed by atoms with Gasteiger partial charge in [0.15, 0.2) is 0 Å². The van der Waals surface area contributed by atoms with Crippen LogP contribution in [0.4, 0.5) is 0 Å². The Morgan fingerprint density at radius 3 is 2.89 bits per heavy atom. The summed E-state index contributed by atoms with van der Waals surface area (Å²) in [6.07, 6.45) is 9.32. The fourth-order valence-corrected chi connectivity index (χ4v) is 3.70. The van der Waals surface area contributed by atoms with E-state index in [-0.39, 0.29) is 5.56 Å². The number of carbonyl (C=O) groups is 1. The summed E-state index contributed by atoms with van der Waals surface area (Å²) in [6.45, 7) is 1.87. The zero-order valence-corrected chi connectivity index (χ0v) is 11.2. The second-order valence-electron chi connectivity index (χ2n) is 5.83. The molecule has 0 amide bonds. The lowest BCUT2D eigenvalue weighted by atomic mass is 9.78. The van der Waals surface area contributed by atoms with Gasteiger partial charge in [-0.15, -0.1) is 0 Å². The van der Waals surface area contributed by atoms with Crippen molar-refractivity contribution in [2.75, 3.05) is 6.54 Å². The Kier molecular flexibility index (Phi) is 3.60. The molecule has 104 valence electrons. The molecule has 0 aromatic carbocycles. The minimum atomic E-state index is -0.913. The molecule has 2 heterocycles. The molecule has 0 bridgehead atoms. The lowest BCUT2D eigenvalue weighted by molar-refractivity contribution is 0.0495. The van der Waals surface area contributed by atoms with E-state index < -0.39 is 5.97 Å². The average molecular weight is 263 g/mol. The van der Waals surface area contributed by atoms with Crippen molar-refractivity contribution < 1.29 is 14.3 Å². The molecule has 1 N–H and O–H groups in total. The highest BCUT2D eigenvalue weighted by Crippen LogP contribution is 2.36. The van der Waals surface area contributed by atoms with Gasteiger partial charge in [-0.25, -0.2) is 4.79 Å². The molecule has 2 aliphatic rings. The maximum Gasteiger partial charge on any atom is 0.338 e. The molecular formula is C15H21NO3. The van der Waals surface area contributed by atoms with Crippen LogP contribution in [-0.4, -0.2) is 28.6 Å². The first-order chi connectivity index (χ1) is 9.24. The third-order valence-electron chi connectivity index (χ3n) is 4.62. The van der Waals surface area contributed by atoms with Gasteiger partial charge in [-0.1, -0.05) is 12.8 Å². The van der Waals surface area contributed by atoms with Crippen molar-refractivity contribution in [3.05, 3.63) is 23.7 Å². The normalized spacial score (nSPS) is 28.0. The van der Waals surface area contributed by atoms with Crippen LogP contribution in [0.1, 0.15) is 54.6 Å². The molecule has 1 saturated carbocycles. The Bertz CT molecular complexity index is 452. The molecule has 2 fully saturated rings. The number of carboxylic acid groups (broad SMARTS) is 1. The Morgan fingerprint density at radius 1 is 1.32 bits per heavy atom. The van der Waals surface area contributed by atoms with Gasteiger partial charge >= 0.3 is 5.97 Å². The molecule has 1 aliphatic heterocycles. The summed E-state index contributed by atoms with van der Waals surface area (Å²) in [6, 6.07) is 2.34. The van der Waals surface area contributed by atoms with Crippen LogP contribution in [0.15, 0.2) is 16.7 Å². The maximum absolute atomic E-state index is 10.9. The standard InChI is InChI=1S/C15H21NO3/c17-15(18)12-8-13(19-10-12)9-16-7-3-5-11-4-1-2-6-14(11)16/h8,10-11,14H,1-7,9H2,(H,17,18)/t11-,14-/m1/s1. The SMILES string of the molecule is O=C(O)c1coc(CN2CCC[C@H]3CCCC[C@H]32)c1. The van der Waals surface area contributed by atoms with Gasteiger partial charge in [-0.05, 0) is 44.2 Å². The summed E-state index contributed by atoms with van der Waals surface area (Å²) in [4.78, 5) is 13.4. The van der Waals surface area contributed by atoms with Gasteiger partial charge < -0.3 is 9.52 Å². The Hall–Kier alpha value is -1.29. The van der Waals surface area contributed by atoms with Gasteiger partial charge in [0.25, 0.3) is 0 Å². The number of fused-ring (bicyclic) bond motifs is 1. The van der Waals surface area contributed by atoms with E-state index in [2.05, 4.69) is 4.90 Å². The Balaban J connectivity index is 1.68. The molecular weight excluding hydrogens is 242 g/mol. The van der Waals surface area contributed by atoms with E-state index in [1.54, 1.807) is 6.07 Å². The van der Waals surface area contributed by atoms with E-state index in [0.29, 0.717) is 6.04 Å². The summed E-state index contributed by atoms with van der Waals surface area (Å²) in [5.74, 6) is 0.712. The number of rotatable bonds is 3. The predicted molar refractivity (Wildman–Crippen MR) is 71.1 cm³/mol. The molecule has 4 heteroatoms. The first-order valence-corrected chi connectivity index (χ1v) is 7.29. The number of carboxylic acids is 1. The van der Waals surface area contributed by atoms with Crippen LogP contribution in [0.3, 0.4) is 0 Å². The van der Waals surface area contributed by atoms with Crippen LogP contribution < -0.4 is 0 Å². The fourth-order valence-electron chi connectivity index (χ4n) is 3.70. The monoisotopic (exact) mass is 263 g/mol. The van der Waals surface area contributed by atoms with Gasteiger partial charge in [0.05, 0.1) is 12.1 Å². The molecule has 19 heavy (non-hydrogen) atoms. The van der Waals surface area contributed by atoms with E-state index in [1.165, 1.54) is 44.8 Å². The maximum atomic E-state index is 10.9. The van der Waals surface area contributed by atoms with Crippen LogP contribution in [0.5, 0.6) is 0 Å². The zero-order chi connectivity index (χ0) is 13.2. The van der Waals surface area contributed by atoms with E-state index in [9.17, 15) is 4.79 Å². The second-order valence-corrected chi connectivity index (χ2v) is 5.83. The number of nitrogens with zero attached hydrogens (tertiary/aromatic N) is 1. The summed E-state index contributed by atoms with van der Waals surface area (Å²) < 4.78 is 5.39. The van der Waals surface area contributed by atoms with Gasteiger partial charge in [0, 0.05) is 6.04 Å². The number of hydrogen-bond donors (Lipinski definition) is 1. The number of furan rings is 1. The summed E-state index contributed by atoms with van der Waals surface area (Å²) >= 11 is 0. The van der Waals surface area contributed by atoms with Crippen LogP contribution >= 0.6 is 0 Å². The molecule has 2 atom stereocenters. The Labute approximate surface area is 113 Å². The fraction of sp³-hybridized carbons (Fsp3) is 0.667. The predicted octanol–water partition coefficient (Wildman–Crippen LogP) is 3.13. The number of piperidine rings is 1. The summed E-state index contributed by atoms with van der Waals surface area (Å²) in [5.41, 5.74) is 0.257. The third-order valence-corrected chi connectivity index (χ3v) is 4.62. The molecule has 1 saturated heterocycles. The topological polar surface area (TPSA) is 53.7 Å². The largest absolute Gasteiger partial charge is 0.478 e. The van der Waals surface area contributed by atoms with Crippen LogP contribution in [0.2, 0.25) is 0 Å². The molecule has 1 aromatic heterocycles. The van der Waals surface area contributed by atoms with Crippen LogP contribution in [0.25, 0.3) is 0 Å². The van der Waals surface area contributed by atoms with Crippen molar-refractivity contribution in [2.45, 2.75) is 51.1 Å². The minimum absolute atomic E-state index is 0.257. The smallest absolute Gasteiger partial charge is 0.338 e. The van der Waals surface area contributed by atoms with Gasteiger partial charge in [-0.3, -0.25) is 4.90 Å². The highest BCUT2D eigenvalue weighted by molar-refractivity contribution is 5.87. The van der Waals surface area contributed by atoms with E-state index in [0.717, 1.165) is 24.8 Å². The van der Waals surface area contributed by atoms with Gasteiger partial charge in [-0.2, -0.15) is 0 Å². The first-order valence-electron chi connectivity index (χ1n) is 7.29. The molecule has 1 aliphatic carbocycles. The molecule has 0 radical (unpaired) electrons. The van der Waals surface area contributed by atoms with Crippen LogP contribution in [0, 0.1) is 5.92 Å². The van der Waals surface area contributed by atoms with E-state index in [1.807, 2.05) is 0 Å². The quantitative estimate of drug-likeness (QED) is 0.910. The van der Waals surface area contributed by atoms with Crippen molar-refractivity contribution in [3.63, 3.8) is 0 Å². The molecule has 4 nitrogen and oxygen atoms in total. The number of hydrogen-bond acceptors (Lipinski definition) is 3. The van der Waals surface area contributed by atoms with Crippen molar-refractivity contribution >= 4 is 5.97 Å². The first kappa shape index (κ1) is 12.7.